The molecule has 1 aromatic rings. The number of hydrogen-bond acceptors (Lipinski definition) is 1. The summed E-state index contributed by atoms with van der Waals surface area (Å²) in [5.41, 5.74) is 1.08. The summed E-state index contributed by atoms with van der Waals surface area (Å²) in [6.45, 7) is 4.62. The van der Waals surface area contributed by atoms with Crippen molar-refractivity contribution in [1.82, 2.24) is 0 Å². The van der Waals surface area contributed by atoms with Gasteiger partial charge in [-0.25, -0.2) is 0 Å². The number of benzene rings is 1. The molecule has 0 aliphatic heterocycles. The van der Waals surface area contributed by atoms with E-state index in [9.17, 15) is 0 Å². The van der Waals surface area contributed by atoms with Crippen molar-refractivity contribution >= 4 is 27.5 Å². The Kier molecular flexibility index (Phi) is 4.23. The number of ether oxygens (including phenoxy) is 1. The van der Waals surface area contributed by atoms with E-state index in [1.54, 1.807) is 0 Å². The highest BCUT2D eigenvalue weighted by Crippen LogP contribution is 2.22. The van der Waals surface area contributed by atoms with E-state index in [0.717, 1.165) is 15.1 Å². The molecule has 72 valence electrons. The van der Waals surface area contributed by atoms with Gasteiger partial charge in [-0.3, -0.25) is 0 Å². The third kappa shape index (κ3) is 3.67. The molecule has 0 aliphatic carbocycles. The summed E-state index contributed by atoms with van der Waals surface area (Å²) in [5.74, 6) is 0. The van der Waals surface area contributed by atoms with Gasteiger partial charge in [-0.05, 0) is 37.6 Å². The Morgan fingerprint density at radius 2 is 2.15 bits per heavy atom. The van der Waals surface area contributed by atoms with E-state index < -0.39 is 0 Å². The van der Waals surface area contributed by atoms with Gasteiger partial charge in [0.1, 0.15) is 0 Å². The lowest BCUT2D eigenvalue weighted by atomic mass is 10.2. The topological polar surface area (TPSA) is 9.23 Å². The highest BCUT2D eigenvalue weighted by molar-refractivity contribution is 9.10. The number of hydrogen-bond donors (Lipinski definition) is 0. The Hall–Kier alpha value is -0.0500. The van der Waals surface area contributed by atoms with E-state index in [1.165, 1.54) is 0 Å². The van der Waals surface area contributed by atoms with Gasteiger partial charge in [0.05, 0.1) is 12.7 Å². The molecule has 0 amide bonds. The van der Waals surface area contributed by atoms with Crippen LogP contribution >= 0.6 is 27.5 Å². The first-order valence-corrected chi connectivity index (χ1v) is 5.32. The molecule has 0 saturated heterocycles. The zero-order valence-electron chi connectivity index (χ0n) is 7.68. The molecule has 0 atom stereocenters. The molecule has 1 nitrogen and oxygen atoms in total. The summed E-state index contributed by atoms with van der Waals surface area (Å²) in [4.78, 5) is 0. The van der Waals surface area contributed by atoms with E-state index in [2.05, 4.69) is 15.9 Å². The molecule has 1 aromatic carbocycles. The quantitative estimate of drug-likeness (QED) is 0.800. The molecule has 0 N–H and O–H groups in total. The zero-order chi connectivity index (χ0) is 9.84. The van der Waals surface area contributed by atoms with Crippen LogP contribution in [-0.2, 0) is 11.3 Å². The van der Waals surface area contributed by atoms with Crippen molar-refractivity contribution in [3.8, 4) is 0 Å². The van der Waals surface area contributed by atoms with E-state index >= 15 is 0 Å². The summed E-state index contributed by atoms with van der Waals surface area (Å²) < 4.78 is 6.51. The third-order valence-corrected chi connectivity index (χ3v) is 2.59. The van der Waals surface area contributed by atoms with Gasteiger partial charge in [0, 0.05) is 9.50 Å². The van der Waals surface area contributed by atoms with Crippen LogP contribution < -0.4 is 0 Å². The molecule has 1 rings (SSSR count). The first-order chi connectivity index (χ1) is 6.09. The van der Waals surface area contributed by atoms with Gasteiger partial charge in [0.25, 0.3) is 0 Å². The second-order valence-corrected chi connectivity index (χ2v) is 4.39. The van der Waals surface area contributed by atoms with Crippen molar-refractivity contribution in [1.29, 1.82) is 0 Å². The summed E-state index contributed by atoms with van der Waals surface area (Å²) in [6.07, 6.45) is 0.242. The fourth-order valence-electron chi connectivity index (χ4n) is 0.910. The van der Waals surface area contributed by atoms with Crippen LogP contribution in [0.15, 0.2) is 22.7 Å². The molecule has 0 bridgehead atoms. The minimum absolute atomic E-state index is 0.242. The maximum absolute atomic E-state index is 5.86. The molecule has 0 saturated carbocycles. The highest BCUT2D eigenvalue weighted by Gasteiger charge is 2.02. The molecule has 0 radical (unpaired) electrons. The average Bonchev–Trinajstić information content (AvgIpc) is 2.06. The molecule has 0 aromatic heterocycles. The second-order valence-electron chi connectivity index (χ2n) is 3.10. The van der Waals surface area contributed by atoms with Gasteiger partial charge >= 0.3 is 0 Å². The van der Waals surface area contributed by atoms with Crippen molar-refractivity contribution < 1.29 is 4.74 Å². The summed E-state index contributed by atoms with van der Waals surface area (Å²) >= 11 is 9.30. The monoisotopic (exact) mass is 262 g/mol. The molecule has 0 spiro atoms. The minimum atomic E-state index is 0.242. The first kappa shape index (κ1) is 11.0. The maximum Gasteiger partial charge on any atom is 0.0731 e. The smallest absolute Gasteiger partial charge is 0.0731 e. The van der Waals surface area contributed by atoms with E-state index in [1.807, 2.05) is 32.0 Å². The third-order valence-electron chi connectivity index (χ3n) is 1.58. The standard InChI is InChI=1S/C10H12BrClO/c1-7(2)13-6-8-5-9(12)3-4-10(8)11/h3-5,7H,6H2,1-2H3. The Morgan fingerprint density at radius 3 is 2.77 bits per heavy atom. The molecule has 13 heavy (non-hydrogen) atoms. The largest absolute Gasteiger partial charge is 0.374 e. The molecule has 0 heterocycles. The summed E-state index contributed by atoms with van der Waals surface area (Å²) in [7, 11) is 0. The molecule has 3 heteroatoms. The van der Waals surface area contributed by atoms with Gasteiger partial charge in [-0.1, -0.05) is 27.5 Å². The van der Waals surface area contributed by atoms with Crippen LogP contribution in [0.25, 0.3) is 0 Å². The normalized spacial score (nSPS) is 10.8. The molecule has 0 aliphatic rings. The molecule has 0 unspecified atom stereocenters. The Labute approximate surface area is 92.2 Å². The predicted molar refractivity (Wildman–Crippen MR) is 59.1 cm³/mol. The predicted octanol–water partition coefficient (Wildman–Crippen LogP) is 4.03. The second kappa shape index (κ2) is 4.99. The SMILES string of the molecule is CC(C)OCc1cc(Cl)ccc1Br. The number of halogens is 2. The van der Waals surface area contributed by atoms with Crippen LogP contribution in [0, 0.1) is 0 Å². The van der Waals surface area contributed by atoms with E-state index in [0.29, 0.717) is 6.61 Å². The van der Waals surface area contributed by atoms with Crippen molar-refractivity contribution in [3.05, 3.63) is 33.3 Å². The Morgan fingerprint density at radius 1 is 1.46 bits per heavy atom. The van der Waals surface area contributed by atoms with Crippen LogP contribution in [0.2, 0.25) is 5.02 Å². The van der Waals surface area contributed by atoms with Crippen molar-refractivity contribution in [2.45, 2.75) is 26.6 Å². The Balaban J connectivity index is 2.70. The van der Waals surface area contributed by atoms with Gasteiger partial charge in [0.2, 0.25) is 0 Å². The average molecular weight is 264 g/mol. The van der Waals surface area contributed by atoms with Gasteiger partial charge in [0.15, 0.2) is 0 Å². The van der Waals surface area contributed by atoms with E-state index in [4.69, 9.17) is 16.3 Å². The number of rotatable bonds is 3. The lowest BCUT2D eigenvalue weighted by Gasteiger charge is -2.09. The van der Waals surface area contributed by atoms with Crippen molar-refractivity contribution in [3.63, 3.8) is 0 Å². The van der Waals surface area contributed by atoms with Gasteiger partial charge in [-0.2, -0.15) is 0 Å². The van der Waals surface area contributed by atoms with Crippen LogP contribution in [0.3, 0.4) is 0 Å². The first-order valence-electron chi connectivity index (χ1n) is 4.15. The molecular weight excluding hydrogens is 251 g/mol. The molecular formula is C10H12BrClO. The van der Waals surface area contributed by atoms with Crippen LogP contribution in [0.5, 0.6) is 0 Å². The van der Waals surface area contributed by atoms with Gasteiger partial charge < -0.3 is 4.74 Å². The Bertz CT molecular complexity index is 286. The fourth-order valence-corrected chi connectivity index (χ4v) is 1.47. The van der Waals surface area contributed by atoms with Gasteiger partial charge in [-0.15, -0.1) is 0 Å². The van der Waals surface area contributed by atoms with Crippen LogP contribution in [0.1, 0.15) is 19.4 Å². The zero-order valence-corrected chi connectivity index (χ0v) is 10.0. The van der Waals surface area contributed by atoms with E-state index in [-0.39, 0.29) is 6.10 Å². The highest BCUT2D eigenvalue weighted by atomic mass is 79.9. The minimum Gasteiger partial charge on any atom is -0.374 e. The fraction of sp³-hybridized carbons (Fsp3) is 0.400. The van der Waals surface area contributed by atoms with Crippen LogP contribution in [0.4, 0.5) is 0 Å². The van der Waals surface area contributed by atoms with Crippen molar-refractivity contribution in [2.24, 2.45) is 0 Å². The lowest BCUT2D eigenvalue weighted by Crippen LogP contribution is -2.02. The lowest BCUT2D eigenvalue weighted by molar-refractivity contribution is 0.0654. The summed E-state index contributed by atoms with van der Waals surface area (Å²) in [5, 5.41) is 0.741. The van der Waals surface area contributed by atoms with Crippen LogP contribution in [-0.4, -0.2) is 6.10 Å². The summed E-state index contributed by atoms with van der Waals surface area (Å²) in [6, 6.07) is 5.69. The van der Waals surface area contributed by atoms with Crippen molar-refractivity contribution in [2.75, 3.05) is 0 Å². The maximum atomic E-state index is 5.86. The molecule has 0 fully saturated rings.